The third-order valence-electron chi connectivity index (χ3n) is 12.1. The van der Waals surface area contributed by atoms with E-state index in [9.17, 15) is 0 Å². The highest BCUT2D eigenvalue weighted by Crippen LogP contribution is 2.45. The van der Waals surface area contributed by atoms with Gasteiger partial charge in [-0.3, -0.25) is 4.57 Å². The van der Waals surface area contributed by atoms with Crippen LogP contribution in [0.3, 0.4) is 0 Å². The van der Waals surface area contributed by atoms with Gasteiger partial charge in [-0.2, -0.15) is 0 Å². The molecule has 10 aromatic carbocycles. The second-order valence-electron chi connectivity index (χ2n) is 15.3. The van der Waals surface area contributed by atoms with Gasteiger partial charge in [-0.1, -0.05) is 146 Å². The molecule has 3 aromatic heterocycles. The van der Waals surface area contributed by atoms with Crippen molar-refractivity contribution >= 4 is 97.7 Å². The first-order chi connectivity index (χ1) is 28.7. The Labute approximate surface area is 331 Å². The molecule has 4 nitrogen and oxygen atoms in total. The predicted octanol–water partition coefficient (Wildman–Crippen LogP) is 14.6. The highest BCUT2D eigenvalue weighted by atomic mass is 16.3. The minimum absolute atomic E-state index is 0.605. The molecule has 13 rings (SSSR count). The molecule has 0 saturated carbocycles. The number of fused-ring (bicyclic) bond motifs is 15. The molecule has 0 saturated heterocycles. The molecule has 268 valence electrons. The molecule has 4 heteroatoms. The van der Waals surface area contributed by atoms with Crippen LogP contribution in [0, 0.1) is 0 Å². The number of benzene rings is 10. The van der Waals surface area contributed by atoms with Gasteiger partial charge in [0, 0.05) is 27.1 Å². The van der Waals surface area contributed by atoms with Gasteiger partial charge in [0.2, 0.25) is 5.95 Å². The largest absolute Gasteiger partial charge is 0.452 e. The molecular weight excluding hydrogens is 707 g/mol. The van der Waals surface area contributed by atoms with Crippen LogP contribution in [-0.4, -0.2) is 14.5 Å². The number of hydrogen-bond donors (Lipinski definition) is 0. The maximum Gasteiger partial charge on any atom is 0.236 e. The number of aromatic nitrogens is 3. The summed E-state index contributed by atoms with van der Waals surface area (Å²) in [6, 6.07) is 67.4. The highest BCUT2D eigenvalue weighted by molar-refractivity contribution is 6.35. The summed E-state index contributed by atoms with van der Waals surface area (Å²) in [6.07, 6.45) is 0. The molecule has 0 atom stereocenters. The molecule has 0 N–H and O–H groups in total. The fourth-order valence-electron chi connectivity index (χ4n) is 9.48. The average molecular weight is 738 g/mol. The zero-order valence-corrected chi connectivity index (χ0v) is 31.1. The van der Waals surface area contributed by atoms with E-state index in [4.69, 9.17) is 14.4 Å². The van der Waals surface area contributed by atoms with Gasteiger partial charge in [-0.15, -0.1) is 0 Å². The fraction of sp³-hybridized carbons (Fsp3) is 0. The normalized spacial score (nSPS) is 12.1. The zero-order chi connectivity index (χ0) is 37.9. The Morgan fingerprint density at radius 1 is 0.362 bits per heavy atom. The summed E-state index contributed by atoms with van der Waals surface area (Å²) < 4.78 is 8.92. The highest BCUT2D eigenvalue weighted by Gasteiger charge is 2.24. The number of furan rings is 1. The van der Waals surface area contributed by atoms with E-state index in [2.05, 4.69) is 174 Å². The summed E-state index contributed by atoms with van der Waals surface area (Å²) in [4.78, 5) is 10.9. The van der Waals surface area contributed by atoms with Gasteiger partial charge >= 0.3 is 0 Å². The van der Waals surface area contributed by atoms with Gasteiger partial charge in [0.05, 0.1) is 11.0 Å². The third-order valence-corrected chi connectivity index (χ3v) is 12.1. The zero-order valence-electron chi connectivity index (χ0n) is 31.1. The maximum absolute atomic E-state index is 6.64. The lowest BCUT2D eigenvalue weighted by molar-refractivity contribution is 0.666. The van der Waals surface area contributed by atoms with Crippen molar-refractivity contribution < 1.29 is 4.42 Å². The van der Waals surface area contributed by atoms with Crippen molar-refractivity contribution in [3.05, 3.63) is 188 Å². The van der Waals surface area contributed by atoms with Gasteiger partial charge in [-0.05, 0) is 102 Å². The lowest BCUT2D eigenvalue weighted by Crippen LogP contribution is -2.03. The van der Waals surface area contributed by atoms with Crippen molar-refractivity contribution in [2.24, 2.45) is 0 Å². The minimum atomic E-state index is 0.605. The quantitative estimate of drug-likeness (QED) is 0.170. The molecule has 0 unspecified atom stereocenters. The Hall–Kier alpha value is -7.82. The van der Waals surface area contributed by atoms with E-state index >= 15 is 0 Å². The average Bonchev–Trinajstić information content (AvgIpc) is 3.83. The van der Waals surface area contributed by atoms with E-state index in [0.717, 1.165) is 49.5 Å². The van der Waals surface area contributed by atoms with Gasteiger partial charge in [0.15, 0.2) is 5.58 Å². The van der Waals surface area contributed by atoms with E-state index in [1.165, 1.54) is 65.0 Å². The Morgan fingerprint density at radius 2 is 0.948 bits per heavy atom. The predicted molar refractivity (Wildman–Crippen MR) is 242 cm³/mol. The number of hydrogen-bond acceptors (Lipinski definition) is 3. The van der Waals surface area contributed by atoms with Crippen LogP contribution in [0.15, 0.2) is 192 Å². The Morgan fingerprint density at radius 3 is 1.72 bits per heavy atom. The van der Waals surface area contributed by atoms with Crippen LogP contribution in [0.5, 0.6) is 0 Å². The molecular formula is C54H31N3O. The van der Waals surface area contributed by atoms with Crippen LogP contribution in [0.25, 0.3) is 126 Å². The lowest BCUT2D eigenvalue weighted by Gasteiger charge is -2.13. The number of para-hydroxylation sites is 1. The van der Waals surface area contributed by atoms with E-state index in [-0.39, 0.29) is 0 Å². The van der Waals surface area contributed by atoms with Crippen LogP contribution in [0.2, 0.25) is 0 Å². The number of rotatable bonds is 3. The van der Waals surface area contributed by atoms with Crippen molar-refractivity contribution in [2.45, 2.75) is 0 Å². The molecule has 0 aliphatic carbocycles. The molecule has 58 heavy (non-hydrogen) atoms. The van der Waals surface area contributed by atoms with Crippen LogP contribution < -0.4 is 0 Å². The summed E-state index contributed by atoms with van der Waals surface area (Å²) in [6.45, 7) is 0. The van der Waals surface area contributed by atoms with E-state index < -0.39 is 0 Å². The Kier molecular flexibility index (Phi) is 6.41. The van der Waals surface area contributed by atoms with Crippen molar-refractivity contribution in [1.29, 1.82) is 0 Å². The van der Waals surface area contributed by atoms with E-state index in [1.807, 2.05) is 18.2 Å². The summed E-state index contributed by atoms with van der Waals surface area (Å²) in [5.41, 5.74) is 8.51. The molecule has 0 radical (unpaired) electrons. The van der Waals surface area contributed by atoms with Crippen LogP contribution in [-0.2, 0) is 0 Å². The molecule has 0 bridgehead atoms. The molecule has 13 aromatic rings. The van der Waals surface area contributed by atoms with E-state index in [1.54, 1.807) is 0 Å². The third kappa shape index (κ3) is 4.45. The second-order valence-corrected chi connectivity index (χ2v) is 15.3. The molecule has 0 aliphatic rings. The summed E-state index contributed by atoms with van der Waals surface area (Å²) in [5.74, 6) is 0.605. The molecule has 0 spiro atoms. The van der Waals surface area contributed by atoms with Gasteiger partial charge < -0.3 is 4.42 Å². The first-order valence-electron chi connectivity index (χ1n) is 19.7. The maximum atomic E-state index is 6.64. The SMILES string of the molecule is c1ccc(-c2ccc3cc(-c4nc(-n5c6cc7ccccc7cc6c6c7c8ccccc8c8ccccc8c7ccc65)nc5c4oc4ccccc45)ccc3c2)cc1. The Bertz CT molecular complexity index is 3820. The summed E-state index contributed by atoms with van der Waals surface area (Å²) in [5, 5.41) is 15.5. The van der Waals surface area contributed by atoms with Crippen molar-refractivity contribution in [3.8, 4) is 28.3 Å². The number of nitrogens with zero attached hydrogens (tertiary/aromatic N) is 3. The van der Waals surface area contributed by atoms with Crippen molar-refractivity contribution in [3.63, 3.8) is 0 Å². The van der Waals surface area contributed by atoms with Crippen LogP contribution >= 0.6 is 0 Å². The molecule has 0 amide bonds. The smallest absolute Gasteiger partial charge is 0.236 e. The Balaban J connectivity index is 1.15. The first kappa shape index (κ1) is 31.4. The fourth-order valence-corrected chi connectivity index (χ4v) is 9.48. The lowest BCUT2D eigenvalue weighted by atomic mass is 9.91. The topological polar surface area (TPSA) is 43.9 Å². The molecule has 3 heterocycles. The molecule has 0 aliphatic heterocycles. The minimum Gasteiger partial charge on any atom is -0.452 e. The van der Waals surface area contributed by atoms with Crippen molar-refractivity contribution in [2.75, 3.05) is 0 Å². The standard InChI is InChI=1S/C54H31N3O/c1-2-12-32(13-3-1)35-22-23-37-29-38(25-24-36(37)28-35)51-53-52(44-20-10-11-21-48(44)58-53)56-54(55-51)57-46-27-26-43-41-18-7-6-16-39(41)40-17-8-9-19-42(40)49(43)50(46)45-30-33-14-4-5-15-34(33)31-47(45)57/h1-31H. The molecule has 0 fully saturated rings. The van der Waals surface area contributed by atoms with Crippen LogP contribution in [0.4, 0.5) is 0 Å². The summed E-state index contributed by atoms with van der Waals surface area (Å²) >= 11 is 0. The van der Waals surface area contributed by atoms with Crippen LogP contribution in [0.1, 0.15) is 0 Å². The second kappa shape index (κ2) is 11.8. The van der Waals surface area contributed by atoms with E-state index in [0.29, 0.717) is 11.5 Å². The van der Waals surface area contributed by atoms with Gasteiger partial charge in [-0.25, -0.2) is 9.97 Å². The van der Waals surface area contributed by atoms with Gasteiger partial charge in [0.25, 0.3) is 0 Å². The van der Waals surface area contributed by atoms with Gasteiger partial charge in [0.1, 0.15) is 16.8 Å². The monoisotopic (exact) mass is 737 g/mol. The van der Waals surface area contributed by atoms with Crippen molar-refractivity contribution in [1.82, 2.24) is 14.5 Å². The summed E-state index contributed by atoms with van der Waals surface area (Å²) in [7, 11) is 0. The first-order valence-corrected chi connectivity index (χ1v) is 19.7.